The summed E-state index contributed by atoms with van der Waals surface area (Å²) < 4.78 is 6.90. The fourth-order valence-electron chi connectivity index (χ4n) is 2.71. The largest absolute Gasteiger partial charge is 0.394 e. The molecule has 0 amide bonds. The van der Waals surface area contributed by atoms with Crippen molar-refractivity contribution in [3.8, 4) is 11.8 Å². The van der Waals surface area contributed by atoms with Gasteiger partial charge in [-0.2, -0.15) is 0 Å². The van der Waals surface area contributed by atoms with Gasteiger partial charge in [-0.05, 0) is 18.8 Å². The first-order valence-corrected chi connectivity index (χ1v) is 7.80. The molecule has 132 valence electrons. The van der Waals surface area contributed by atoms with Gasteiger partial charge in [-0.25, -0.2) is 15.0 Å². The third-order valence-electron chi connectivity index (χ3n) is 4.37. The Kier molecular flexibility index (Phi) is 3.64. The van der Waals surface area contributed by atoms with Crippen molar-refractivity contribution in [2.24, 2.45) is 0 Å². The van der Waals surface area contributed by atoms with Crippen LogP contribution >= 0.6 is 0 Å². The number of aliphatic hydroxyl groups is 4. The molecule has 0 radical (unpaired) electrons. The molecule has 10 nitrogen and oxygen atoms in total. The lowest BCUT2D eigenvalue weighted by molar-refractivity contribution is -0.0511. The van der Waals surface area contributed by atoms with Crippen LogP contribution in [0.4, 0.5) is 5.82 Å². The fraction of sp³-hybridized carbons (Fsp3) is 0.533. The van der Waals surface area contributed by atoms with Crippen LogP contribution in [-0.2, 0) is 4.74 Å². The lowest BCUT2D eigenvalue weighted by Gasteiger charge is -2.16. The average molecular weight is 347 g/mol. The second kappa shape index (κ2) is 5.62. The summed E-state index contributed by atoms with van der Waals surface area (Å²) in [5.41, 5.74) is 5.49. The highest BCUT2D eigenvalue weighted by Crippen LogP contribution is 2.34. The van der Waals surface area contributed by atoms with Crippen molar-refractivity contribution in [3.63, 3.8) is 0 Å². The Bertz CT molecular complexity index is 884. The SMILES string of the molecule is Nc1nc(C#CC2(O)CC2)nc2c1ncn2[C@@H]1O[C@H](CO)[C@@H](O)[C@H]1O. The van der Waals surface area contributed by atoms with E-state index in [0.29, 0.717) is 18.4 Å². The number of hydrogen-bond acceptors (Lipinski definition) is 9. The Hall–Kier alpha value is -2.29. The number of nitrogen functional groups attached to an aromatic ring is 1. The van der Waals surface area contributed by atoms with Crippen LogP contribution in [0.25, 0.3) is 11.2 Å². The van der Waals surface area contributed by atoms with Gasteiger partial charge in [0.05, 0.1) is 12.9 Å². The lowest BCUT2D eigenvalue weighted by Crippen LogP contribution is -2.33. The minimum atomic E-state index is -1.27. The smallest absolute Gasteiger partial charge is 0.209 e. The predicted octanol–water partition coefficient (Wildman–Crippen LogP) is -2.10. The molecule has 2 aliphatic rings. The monoisotopic (exact) mass is 347 g/mol. The molecule has 1 saturated heterocycles. The van der Waals surface area contributed by atoms with Crippen molar-refractivity contribution in [1.82, 2.24) is 19.5 Å². The van der Waals surface area contributed by atoms with Gasteiger partial charge in [0.25, 0.3) is 0 Å². The average Bonchev–Trinajstić information content (AvgIpc) is 3.06. The number of imidazole rings is 1. The van der Waals surface area contributed by atoms with E-state index in [1.807, 2.05) is 0 Å². The van der Waals surface area contributed by atoms with Gasteiger partial charge in [0.15, 0.2) is 17.7 Å². The zero-order valence-corrected chi connectivity index (χ0v) is 13.1. The van der Waals surface area contributed by atoms with Crippen LogP contribution in [0, 0.1) is 11.8 Å². The lowest BCUT2D eigenvalue weighted by atomic mass is 10.1. The zero-order valence-electron chi connectivity index (χ0n) is 13.1. The number of nitrogens with two attached hydrogens (primary N) is 1. The van der Waals surface area contributed by atoms with Crippen LogP contribution < -0.4 is 5.73 Å². The Morgan fingerprint density at radius 3 is 2.72 bits per heavy atom. The van der Waals surface area contributed by atoms with E-state index in [4.69, 9.17) is 10.5 Å². The summed E-state index contributed by atoms with van der Waals surface area (Å²) in [7, 11) is 0. The Morgan fingerprint density at radius 1 is 1.32 bits per heavy atom. The fourth-order valence-corrected chi connectivity index (χ4v) is 2.71. The number of rotatable bonds is 2. The van der Waals surface area contributed by atoms with E-state index < -0.39 is 36.7 Å². The minimum absolute atomic E-state index is 0.0996. The van der Waals surface area contributed by atoms with Gasteiger partial charge < -0.3 is 30.9 Å². The molecule has 2 aromatic heterocycles. The summed E-state index contributed by atoms with van der Waals surface area (Å²) in [6.45, 7) is -0.437. The Labute approximate surface area is 141 Å². The maximum absolute atomic E-state index is 10.2. The van der Waals surface area contributed by atoms with Gasteiger partial charge in [-0.15, -0.1) is 0 Å². The first-order valence-electron chi connectivity index (χ1n) is 7.80. The van der Waals surface area contributed by atoms with Crippen molar-refractivity contribution in [2.75, 3.05) is 12.3 Å². The molecular formula is C15H17N5O5. The molecule has 25 heavy (non-hydrogen) atoms. The molecule has 0 unspecified atom stereocenters. The molecular weight excluding hydrogens is 330 g/mol. The molecule has 0 bridgehead atoms. The number of aromatic nitrogens is 4. The van der Waals surface area contributed by atoms with Gasteiger partial charge in [-0.1, -0.05) is 5.92 Å². The van der Waals surface area contributed by atoms with E-state index in [2.05, 4.69) is 26.8 Å². The third kappa shape index (κ3) is 2.72. The second-order valence-corrected chi connectivity index (χ2v) is 6.27. The van der Waals surface area contributed by atoms with E-state index in [1.54, 1.807) is 0 Å². The maximum atomic E-state index is 10.2. The van der Waals surface area contributed by atoms with Crippen LogP contribution in [-0.4, -0.2) is 70.5 Å². The molecule has 0 aromatic carbocycles. The molecule has 1 saturated carbocycles. The summed E-state index contributed by atoms with van der Waals surface area (Å²) in [5, 5.41) is 39.1. The maximum Gasteiger partial charge on any atom is 0.209 e. The highest BCUT2D eigenvalue weighted by atomic mass is 16.6. The van der Waals surface area contributed by atoms with Gasteiger partial charge in [-0.3, -0.25) is 4.57 Å². The van der Waals surface area contributed by atoms with Gasteiger partial charge >= 0.3 is 0 Å². The van der Waals surface area contributed by atoms with Crippen molar-refractivity contribution in [2.45, 2.75) is 43.0 Å². The summed E-state index contributed by atoms with van der Waals surface area (Å²) in [6.07, 6.45) is -1.83. The van der Waals surface area contributed by atoms with Gasteiger partial charge in [0.1, 0.15) is 29.4 Å². The number of anilines is 1. The van der Waals surface area contributed by atoms with Crippen molar-refractivity contribution < 1.29 is 25.2 Å². The normalized spacial score (nSPS) is 30.2. The summed E-state index contributed by atoms with van der Waals surface area (Å²) in [5.74, 6) is 5.60. The Balaban J connectivity index is 1.75. The van der Waals surface area contributed by atoms with E-state index in [0.717, 1.165) is 0 Å². The van der Waals surface area contributed by atoms with Gasteiger partial charge in [0.2, 0.25) is 5.82 Å². The molecule has 1 aliphatic carbocycles. The van der Waals surface area contributed by atoms with E-state index in [9.17, 15) is 20.4 Å². The molecule has 3 heterocycles. The van der Waals surface area contributed by atoms with Crippen LogP contribution in [0.3, 0.4) is 0 Å². The molecule has 10 heteroatoms. The quantitative estimate of drug-likeness (QED) is 0.383. The van der Waals surface area contributed by atoms with Crippen LogP contribution in [0.2, 0.25) is 0 Å². The van der Waals surface area contributed by atoms with E-state index in [-0.39, 0.29) is 17.3 Å². The number of nitrogens with zero attached hydrogens (tertiary/aromatic N) is 4. The molecule has 2 fully saturated rings. The molecule has 6 N–H and O–H groups in total. The van der Waals surface area contributed by atoms with Gasteiger partial charge in [0, 0.05) is 0 Å². The van der Waals surface area contributed by atoms with Crippen LogP contribution in [0.5, 0.6) is 0 Å². The standard InChI is InChI=1S/C15H17N5O5/c16-12-9-13(19-8(18-12)1-2-15(24)3-4-15)20(6-17-9)14-11(23)10(22)7(5-21)25-14/h6-7,10-11,14,21-24H,3-5H2,(H2,16,18,19)/t7-,10-,11-,14-/m1/s1. The molecule has 1 aliphatic heterocycles. The predicted molar refractivity (Wildman–Crippen MR) is 83.8 cm³/mol. The number of aliphatic hydroxyl groups excluding tert-OH is 3. The van der Waals surface area contributed by atoms with Crippen molar-refractivity contribution in [3.05, 3.63) is 12.2 Å². The highest BCUT2D eigenvalue weighted by molar-refractivity contribution is 5.82. The van der Waals surface area contributed by atoms with E-state index in [1.165, 1.54) is 10.9 Å². The molecule has 4 atom stereocenters. The highest BCUT2D eigenvalue weighted by Gasteiger charge is 2.44. The second-order valence-electron chi connectivity index (χ2n) is 6.27. The molecule has 4 rings (SSSR count). The van der Waals surface area contributed by atoms with E-state index >= 15 is 0 Å². The first kappa shape index (κ1) is 16.2. The summed E-state index contributed by atoms with van der Waals surface area (Å²) >= 11 is 0. The molecule has 0 spiro atoms. The summed E-state index contributed by atoms with van der Waals surface area (Å²) in [6, 6.07) is 0. The van der Waals surface area contributed by atoms with Crippen molar-refractivity contribution in [1.29, 1.82) is 0 Å². The number of ether oxygens (including phenoxy) is 1. The van der Waals surface area contributed by atoms with Crippen LogP contribution in [0.1, 0.15) is 24.9 Å². The Morgan fingerprint density at radius 2 is 2.08 bits per heavy atom. The number of fused-ring (bicyclic) bond motifs is 1. The molecule has 2 aromatic rings. The summed E-state index contributed by atoms with van der Waals surface area (Å²) in [4.78, 5) is 12.4. The van der Waals surface area contributed by atoms with Crippen LogP contribution in [0.15, 0.2) is 6.33 Å². The van der Waals surface area contributed by atoms with Crippen molar-refractivity contribution >= 4 is 17.0 Å². The minimum Gasteiger partial charge on any atom is -0.394 e. The number of hydrogen-bond donors (Lipinski definition) is 5. The zero-order chi connectivity index (χ0) is 17.8. The first-order chi connectivity index (χ1) is 11.9. The topological polar surface area (TPSA) is 160 Å². The third-order valence-corrected chi connectivity index (χ3v) is 4.37.